The molecule has 0 bridgehead atoms. The van der Waals surface area contributed by atoms with Crippen LogP contribution >= 0.6 is 11.3 Å². The second-order valence-corrected chi connectivity index (χ2v) is 6.85. The van der Waals surface area contributed by atoms with Crippen LogP contribution in [0.2, 0.25) is 0 Å². The topological polar surface area (TPSA) is 72.5 Å². The van der Waals surface area contributed by atoms with Crippen LogP contribution in [0.1, 0.15) is 12.6 Å². The van der Waals surface area contributed by atoms with Crippen molar-refractivity contribution in [3.8, 4) is 11.5 Å². The molecule has 0 unspecified atom stereocenters. The first-order chi connectivity index (χ1) is 14.3. The SMILES string of the molecule is CCOc1ccccc1NC(=O)Cc1csc(Nc2ccc(OC(F)(F)F)cc2)n1. The molecule has 0 aliphatic heterocycles. The third kappa shape index (κ3) is 6.38. The molecule has 30 heavy (non-hydrogen) atoms. The van der Waals surface area contributed by atoms with Gasteiger partial charge in [0.1, 0.15) is 11.5 Å². The molecule has 0 aliphatic rings. The second kappa shape index (κ2) is 9.49. The van der Waals surface area contributed by atoms with Crippen LogP contribution in [-0.2, 0) is 11.2 Å². The number of nitrogens with zero attached hydrogens (tertiary/aromatic N) is 1. The average Bonchev–Trinajstić information content (AvgIpc) is 3.10. The molecule has 2 aromatic carbocycles. The fraction of sp³-hybridized carbons (Fsp3) is 0.200. The first-order valence-electron chi connectivity index (χ1n) is 8.91. The molecule has 0 saturated carbocycles. The van der Waals surface area contributed by atoms with E-state index in [1.807, 2.05) is 13.0 Å². The second-order valence-electron chi connectivity index (χ2n) is 6.00. The van der Waals surface area contributed by atoms with E-state index < -0.39 is 6.36 Å². The Hall–Kier alpha value is -3.27. The Labute approximate surface area is 174 Å². The molecule has 0 fully saturated rings. The van der Waals surface area contributed by atoms with Crippen molar-refractivity contribution < 1.29 is 27.4 Å². The van der Waals surface area contributed by atoms with Gasteiger partial charge in [-0.15, -0.1) is 24.5 Å². The number of amides is 1. The van der Waals surface area contributed by atoms with Crippen molar-refractivity contribution in [3.05, 3.63) is 59.6 Å². The van der Waals surface area contributed by atoms with E-state index in [2.05, 4.69) is 20.4 Å². The maximum Gasteiger partial charge on any atom is 0.573 e. The van der Waals surface area contributed by atoms with Crippen molar-refractivity contribution in [2.45, 2.75) is 19.7 Å². The Balaban J connectivity index is 1.57. The van der Waals surface area contributed by atoms with Crippen LogP contribution in [0.4, 0.5) is 29.7 Å². The molecule has 158 valence electrons. The molecule has 0 saturated heterocycles. The zero-order valence-electron chi connectivity index (χ0n) is 15.8. The minimum atomic E-state index is -4.73. The number of para-hydroxylation sites is 2. The lowest BCUT2D eigenvalue weighted by Crippen LogP contribution is -2.16. The number of thiazole rings is 1. The number of alkyl halides is 3. The molecule has 10 heteroatoms. The molecule has 1 amide bonds. The number of nitrogens with one attached hydrogen (secondary N) is 2. The smallest absolute Gasteiger partial charge is 0.492 e. The highest BCUT2D eigenvalue weighted by atomic mass is 32.1. The lowest BCUT2D eigenvalue weighted by Gasteiger charge is -2.10. The fourth-order valence-electron chi connectivity index (χ4n) is 2.52. The van der Waals surface area contributed by atoms with Gasteiger partial charge in [-0.05, 0) is 43.3 Å². The molecule has 0 aliphatic carbocycles. The number of hydrogen-bond donors (Lipinski definition) is 2. The quantitative estimate of drug-likeness (QED) is 0.496. The van der Waals surface area contributed by atoms with Crippen LogP contribution < -0.4 is 20.1 Å². The monoisotopic (exact) mass is 437 g/mol. The fourth-order valence-corrected chi connectivity index (χ4v) is 3.25. The molecule has 0 radical (unpaired) electrons. The summed E-state index contributed by atoms with van der Waals surface area (Å²) in [6.07, 6.45) is -4.67. The van der Waals surface area contributed by atoms with Crippen molar-refractivity contribution in [1.82, 2.24) is 4.98 Å². The Bertz CT molecular complexity index is 991. The summed E-state index contributed by atoms with van der Waals surface area (Å²) in [5, 5.41) is 8.03. The first-order valence-corrected chi connectivity index (χ1v) is 9.79. The number of aromatic nitrogens is 1. The van der Waals surface area contributed by atoms with E-state index >= 15 is 0 Å². The van der Waals surface area contributed by atoms with Crippen LogP contribution in [0.5, 0.6) is 11.5 Å². The Kier molecular flexibility index (Phi) is 6.78. The summed E-state index contributed by atoms with van der Waals surface area (Å²) in [6.45, 7) is 2.34. The van der Waals surface area contributed by atoms with Gasteiger partial charge in [-0.2, -0.15) is 0 Å². The third-order valence-electron chi connectivity index (χ3n) is 3.69. The van der Waals surface area contributed by atoms with Gasteiger partial charge in [0.25, 0.3) is 0 Å². The van der Waals surface area contributed by atoms with E-state index in [-0.39, 0.29) is 18.1 Å². The normalized spacial score (nSPS) is 11.1. The van der Waals surface area contributed by atoms with Gasteiger partial charge in [0.15, 0.2) is 5.13 Å². The number of ether oxygens (including phenoxy) is 2. The van der Waals surface area contributed by atoms with E-state index in [0.717, 1.165) is 0 Å². The summed E-state index contributed by atoms with van der Waals surface area (Å²) in [5.41, 5.74) is 1.69. The molecule has 2 N–H and O–H groups in total. The minimum absolute atomic E-state index is 0.0665. The lowest BCUT2D eigenvalue weighted by atomic mass is 10.2. The average molecular weight is 437 g/mol. The van der Waals surface area contributed by atoms with Gasteiger partial charge in [-0.1, -0.05) is 12.1 Å². The van der Waals surface area contributed by atoms with E-state index in [0.29, 0.717) is 34.6 Å². The molecule has 1 aromatic heterocycles. The Morgan fingerprint density at radius 2 is 1.87 bits per heavy atom. The Morgan fingerprint density at radius 1 is 1.13 bits per heavy atom. The number of carbonyl (C=O) groups is 1. The largest absolute Gasteiger partial charge is 0.573 e. The molecule has 3 rings (SSSR count). The molecular formula is C20H18F3N3O3S. The predicted octanol–water partition coefficient (Wildman–Crippen LogP) is 5.37. The third-order valence-corrected chi connectivity index (χ3v) is 4.50. The van der Waals surface area contributed by atoms with Crippen molar-refractivity contribution in [3.63, 3.8) is 0 Å². The van der Waals surface area contributed by atoms with Crippen LogP contribution in [0.25, 0.3) is 0 Å². The maximum atomic E-state index is 12.3. The molecule has 3 aromatic rings. The predicted molar refractivity (Wildman–Crippen MR) is 108 cm³/mol. The Morgan fingerprint density at radius 3 is 2.57 bits per heavy atom. The van der Waals surface area contributed by atoms with Crippen molar-refractivity contribution in [2.24, 2.45) is 0 Å². The highest BCUT2D eigenvalue weighted by molar-refractivity contribution is 7.13. The lowest BCUT2D eigenvalue weighted by molar-refractivity contribution is -0.274. The van der Waals surface area contributed by atoms with E-state index in [1.165, 1.54) is 35.6 Å². The zero-order valence-corrected chi connectivity index (χ0v) is 16.6. The molecule has 1 heterocycles. The summed E-state index contributed by atoms with van der Waals surface area (Å²) in [5.74, 6) is 0.0384. The summed E-state index contributed by atoms with van der Waals surface area (Å²) in [7, 11) is 0. The highest BCUT2D eigenvalue weighted by Gasteiger charge is 2.30. The maximum absolute atomic E-state index is 12.3. The molecule has 0 atom stereocenters. The van der Waals surface area contributed by atoms with Crippen LogP contribution in [0.3, 0.4) is 0 Å². The van der Waals surface area contributed by atoms with E-state index in [4.69, 9.17) is 4.74 Å². The molecule has 0 spiro atoms. The molecule has 6 nitrogen and oxygen atoms in total. The van der Waals surface area contributed by atoms with Crippen LogP contribution in [0, 0.1) is 0 Å². The van der Waals surface area contributed by atoms with E-state index in [1.54, 1.807) is 23.6 Å². The number of halogens is 3. The van der Waals surface area contributed by atoms with Gasteiger partial charge in [-0.3, -0.25) is 4.79 Å². The van der Waals surface area contributed by atoms with Gasteiger partial charge < -0.3 is 20.1 Å². The summed E-state index contributed by atoms with van der Waals surface area (Å²) < 4.78 is 45.9. The number of rotatable bonds is 8. The minimum Gasteiger partial charge on any atom is -0.492 e. The van der Waals surface area contributed by atoms with Crippen LogP contribution in [-0.4, -0.2) is 23.9 Å². The van der Waals surface area contributed by atoms with Gasteiger partial charge in [0.05, 0.1) is 24.4 Å². The van der Waals surface area contributed by atoms with Gasteiger partial charge in [0, 0.05) is 11.1 Å². The zero-order chi connectivity index (χ0) is 21.6. The van der Waals surface area contributed by atoms with E-state index in [9.17, 15) is 18.0 Å². The summed E-state index contributed by atoms with van der Waals surface area (Å²) >= 11 is 1.28. The van der Waals surface area contributed by atoms with Crippen molar-refractivity contribution in [2.75, 3.05) is 17.2 Å². The summed E-state index contributed by atoms with van der Waals surface area (Å²) in [6, 6.07) is 12.4. The number of hydrogen-bond acceptors (Lipinski definition) is 6. The van der Waals surface area contributed by atoms with Crippen LogP contribution in [0.15, 0.2) is 53.9 Å². The first kappa shape index (κ1) is 21.4. The van der Waals surface area contributed by atoms with Crippen molar-refractivity contribution in [1.29, 1.82) is 0 Å². The molecular weight excluding hydrogens is 419 g/mol. The van der Waals surface area contributed by atoms with Crippen molar-refractivity contribution >= 4 is 33.8 Å². The van der Waals surface area contributed by atoms with Gasteiger partial charge in [-0.25, -0.2) is 4.98 Å². The van der Waals surface area contributed by atoms with Gasteiger partial charge >= 0.3 is 6.36 Å². The number of carbonyl (C=O) groups excluding carboxylic acids is 1. The highest BCUT2D eigenvalue weighted by Crippen LogP contribution is 2.27. The standard InChI is InChI=1S/C20H18F3N3O3S/c1-2-28-17-6-4-3-5-16(17)26-18(27)11-14-12-30-19(25-14)24-13-7-9-15(10-8-13)29-20(21,22)23/h3-10,12H,2,11H2,1H3,(H,24,25)(H,26,27). The number of benzene rings is 2. The summed E-state index contributed by atoms with van der Waals surface area (Å²) in [4.78, 5) is 16.7. The van der Waals surface area contributed by atoms with Gasteiger partial charge in [0.2, 0.25) is 5.91 Å². The number of anilines is 3.